The van der Waals surface area contributed by atoms with Crippen molar-refractivity contribution < 1.29 is 27.8 Å². The lowest BCUT2D eigenvalue weighted by Gasteiger charge is -2.19. The Morgan fingerprint density at radius 1 is 1.12 bits per heavy atom. The van der Waals surface area contributed by atoms with E-state index in [-0.39, 0.29) is 29.7 Å². The van der Waals surface area contributed by atoms with E-state index in [9.17, 15) is 18.4 Å². The molecule has 2 aliphatic heterocycles. The van der Waals surface area contributed by atoms with Crippen molar-refractivity contribution in [2.75, 3.05) is 10.6 Å². The Labute approximate surface area is 192 Å². The summed E-state index contributed by atoms with van der Waals surface area (Å²) in [6.07, 6.45) is 2.27. The molecule has 1 aliphatic carbocycles. The van der Waals surface area contributed by atoms with E-state index in [4.69, 9.17) is 9.47 Å². The molecule has 3 heterocycles. The van der Waals surface area contributed by atoms with Gasteiger partial charge in [0, 0.05) is 35.5 Å². The van der Waals surface area contributed by atoms with Crippen LogP contribution in [0.2, 0.25) is 0 Å². The van der Waals surface area contributed by atoms with Gasteiger partial charge in [0.15, 0.2) is 0 Å². The molecule has 0 radical (unpaired) electrons. The number of carbonyl (C=O) groups is 2. The largest absolute Gasteiger partial charge is 0.487 e. The summed E-state index contributed by atoms with van der Waals surface area (Å²) in [4.78, 5) is 28.1. The molecule has 3 aliphatic rings. The molecular formula is C24H18F2N4O4. The van der Waals surface area contributed by atoms with Crippen LogP contribution in [-0.4, -0.2) is 29.1 Å². The molecule has 0 bridgehead atoms. The molecule has 2 aromatic carbocycles. The number of hydrogen-bond donors (Lipinski definition) is 3. The van der Waals surface area contributed by atoms with Crippen molar-refractivity contribution >= 4 is 23.4 Å². The van der Waals surface area contributed by atoms with E-state index in [1.807, 2.05) is 12.1 Å². The Balaban J connectivity index is 1.15. The van der Waals surface area contributed by atoms with E-state index in [1.54, 1.807) is 18.3 Å². The second-order valence-electron chi connectivity index (χ2n) is 8.38. The van der Waals surface area contributed by atoms with Crippen LogP contribution in [0.15, 0.2) is 48.7 Å². The number of rotatable bonds is 4. The van der Waals surface area contributed by atoms with E-state index >= 15 is 0 Å². The molecule has 3 aromatic rings. The number of amides is 3. The molecule has 1 fully saturated rings. The lowest BCUT2D eigenvalue weighted by Crippen LogP contribution is -2.34. The summed E-state index contributed by atoms with van der Waals surface area (Å²) in [5, 5.41) is 7.98. The Kier molecular flexibility index (Phi) is 4.61. The van der Waals surface area contributed by atoms with Crippen molar-refractivity contribution in [3.05, 3.63) is 71.4 Å². The highest BCUT2D eigenvalue weighted by atomic mass is 19.1. The van der Waals surface area contributed by atoms with Gasteiger partial charge in [-0.15, -0.1) is 0 Å². The van der Waals surface area contributed by atoms with Crippen LogP contribution in [-0.2, 0) is 11.2 Å². The summed E-state index contributed by atoms with van der Waals surface area (Å²) in [7, 11) is 0. The van der Waals surface area contributed by atoms with Crippen molar-refractivity contribution in [1.82, 2.24) is 10.3 Å². The van der Waals surface area contributed by atoms with Gasteiger partial charge in [-0.3, -0.25) is 4.79 Å². The van der Waals surface area contributed by atoms with E-state index in [2.05, 4.69) is 20.9 Å². The average Bonchev–Trinajstić information content (AvgIpc) is 3.29. The third-order valence-electron chi connectivity index (χ3n) is 6.08. The number of nitrogens with zero attached hydrogens (tertiary/aromatic N) is 1. The molecule has 3 amide bonds. The first kappa shape index (κ1) is 20.4. The lowest BCUT2D eigenvalue weighted by molar-refractivity contribution is -0.116. The zero-order valence-electron chi connectivity index (χ0n) is 17.6. The SMILES string of the molecule is O=C1CCc2c(Oc3ccc4c(c3)[C@H]3[C@@H](NC(=O)Nc5cc(F)cc(F)c5)[C@H]3O4)ccnc2N1. The third-order valence-corrected chi connectivity index (χ3v) is 6.08. The van der Waals surface area contributed by atoms with Crippen LogP contribution in [0.25, 0.3) is 0 Å². The number of halogens is 2. The number of aromatic nitrogens is 1. The number of ether oxygens (including phenoxy) is 2. The van der Waals surface area contributed by atoms with Crippen LogP contribution in [0, 0.1) is 11.6 Å². The van der Waals surface area contributed by atoms with Gasteiger partial charge < -0.3 is 25.4 Å². The third kappa shape index (κ3) is 3.66. The van der Waals surface area contributed by atoms with Crippen LogP contribution in [0.3, 0.4) is 0 Å². The van der Waals surface area contributed by atoms with Gasteiger partial charge in [-0.25, -0.2) is 18.6 Å². The smallest absolute Gasteiger partial charge is 0.319 e. The monoisotopic (exact) mass is 464 g/mol. The van der Waals surface area contributed by atoms with Crippen LogP contribution in [0.1, 0.15) is 23.5 Å². The molecule has 34 heavy (non-hydrogen) atoms. The van der Waals surface area contributed by atoms with E-state index < -0.39 is 17.7 Å². The minimum atomic E-state index is -0.777. The molecule has 1 aromatic heterocycles. The molecule has 3 N–H and O–H groups in total. The molecule has 3 atom stereocenters. The van der Waals surface area contributed by atoms with Gasteiger partial charge in [-0.05, 0) is 42.8 Å². The van der Waals surface area contributed by atoms with Crippen molar-refractivity contribution in [3.63, 3.8) is 0 Å². The van der Waals surface area contributed by atoms with E-state index in [0.717, 1.165) is 35.1 Å². The number of carbonyl (C=O) groups excluding carboxylic acids is 2. The summed E-state index contributed by atoms with van der Waals surface area (Å²) in [5.74, 6) is 0.760. The average molecular weight is 464 g/mol. The molecule has 172 valence electrons. The number of urea groups is 1. The van der Waals surface area contributed by atoms with Gasteiger partial charge >= 0.3 is 6.03 Å². The second-order valence-corrected chi connectivity index (χ2v) is 8.38. The summed E-state index contributed by atoms with van der Waals surface area (Å²) in [6.45, 7) is 0. The maximum Gasteiger partial charge on any atom is 0.319 e. The highest BCUT2D eigenvalue weighted by Gasteiger charge is 2.59. The van der Waals surface area contributed by atoms with Crippen LogP contribution < -0.4 is 25.4 Å². The quantitative estimate of drug-likeness (QED) is 0.540. The van der Waals surface area contributed by atoms with E-state index in [1.165, 1.54) is 0 Å². The highest BCUT2D eigenvalue weighted by molar-refractivity contribution is 5.93. The molecule has 0 spiro atoms. The summed E-state index contributed by atoms with van der Waals surface area (Å²) in [5.41, 5.74) is 1.77. The van der Waals surface area contributed by atoms with Gasteiger partial charge in [0.1, 0.15) is 40.8 Å². The van der Waals surface area contributed by atoms with Gasteiger partial charge in [0.25, 0.3) is 0 Å². The summed E-state index contributed by atoms with van der Waals surface area (Å²) >= 11 is 0. The Morgan fingerprint density at radius 3 is 2.76 bits per heavy atom. The fourth-order valence-electron chi connectivity index (χ4n) is 4.50. The maximum atomic E-state index is 13.3. The number of hydrogen-bond acceptors (Lipinski definition) is 5. The van der Waals surface area contributed by atoms with Crippen molar-refractivity contribution in [1.29, 1.82) is 0 Å². The Bertz CT molecular complexity index is 1330. The minimum absolute atomic E-state index is 0.0229. The molecule has 0 unspecified atom stereocenters. The van der Waals surface area contributed by atoms with Gasteiger partial charge in [-0.1, -0.05) is 0 Å². The van der Waals surface area contributed by atoms with Crippen molar-refractivity contribution in [3.8, 4) is 17.2 Å². The van der Waals surface area contributed by atoms with Crippen LogP contribution >= 0.6 is 0 Å². The second kappa shape index (κ2) is 7.68. The topological polar surface area (TPSA) is 102 Å². The predicted octanol–water partition coefficient (Wildman–Crippen LogP) is 4.09. The van der Waals surface area contributed by atoms with Crippen LogP contribution in [0.4, 0.5) is 25.1 Å². The molecule has 6 rings (SSSR count). The van der Waals surface area contributed by atoms with Gasteiger partial charge in [0.2, 0.25) is 5.91 Å². The number of pyridine rings is 1. The normalized spacial score (nSPS) is 21.4. The zero-order chi connectivity index (χ0) is 23.4. The zero-order valence-corrected chi connectivity index (χ0v) is 17.6. The van der Waals surface area contributed by atoms with Crippen molar-refractivity contribution in [2.24, 2.45) is 0 Å². The molecular weight excluding hydrogens is 446 g/mol. The van der Waals surface area contributed by atoms with E-state index in [0.29, 0.717) is 30.2 Å². The van der Waals surface area contributed by atoms with Gasteiger partial charge in [0.05, 0.1) is 12.0 Å². The fraction of sp³-hybridized carbons (Fsp3) is 0.208. The number of benzene rings is 2. The lowest BCUT2D eigenvalue weighted by atomic mass is 10.1. The van der Waals surface area contributed by atoms with Crippen LogP contribution in [0.5, 0.6) is 17.2 Å². The summed E-state index contributed by atoms with van der Waals surface area (Å²) in [6, 6.07) is 9.20. The standard InChI is InChI=1S/C24H18F2N4O4/c25-11-7-12(26)9-13(8-11)28-24(32)30-21-20-16-10-14(1-3-17(16)34-22(20)21)33-18-5-6-27-23-15(18)2-4-19(31)29-23/h1,3,5-10,20-22H,2,4H2,(H,27,29,31)(H2,28,30,32)/t20-,21+,22-/m0/s1. The molecule has 0 saturated heterocycles. The van der Waals surface area contributed by atoms with Crippen molar-refractivity contribution in [2.45, 2.75) is 30.9 Å². The predicted molar refractivity (Wildman–Crippen MR) is 117 cm³/mol. The molecule has 1 saturated carbocycles. The van der Waals surface area contributed by atoms with Gasteiger partial charge in [-0.2, -0.15) is 0 Å². The maximum absolute atomic E-state index is 13.3. The first-order valence-electron chi connectivity index (χ1n) is 10.7. The number of anilines is 2. The number of nitrogens with one attached hydrogen (secondary N) is 3. The highest BCUT2D eigenvalue weighted by Crippen LogP contribution is 2.54. The first-order valence-corrected chi connectivity index (χ1v) is 10.7. The fourth-order valence-corrected chi connectivity index (χ4v) is 4.50. The molecule has 10 heteroatoms. The number of fused-ring (bicyclic) bond motifs is 4. The Hall–Kier alpha value is -4.21. The Morgan fingerprint density at radius 2 is 1.94 bits per heavy atom. The first-order chi connectivity index (χ1) is 16.4. The minimum Gasteiger partial charge on any atom is -0.487 e. The molecule has 8 nitrogen and oxygen atoms in total. The summed E-state index contributed by atoms with van der Waals surface area (Å²) < 4.78 is 38.7.